The zero-order valence-electron chi connectivity index (χ0n) is 15.3. The lowest BCUT2D eigenvalue weighted by Gasteiger charge is -2.33. The second-order valence-electron chi connectivity index (χ2n) is 7.41. The van der Waals surface area contributed by atoms with Gasteiger partial charge in [0.15, 0.2) is 0 Å². The minimum Gasteiger partial charge on any atom is -0.342 e. The van der Waals surface area contributed by atoms with Crippen LogP contribution in [0.25, 0.3) is 0 Å². The first-order chi connectivity index (χ1) is 13.2. The molecule has 0 unspecified atom stereocenters. The van der Waals surface area contributed by atoms with Crippen molar-refractivity contribution in [2.24, 2.45) is 5.92 Å². The SMILES string of the molecule is O=C1C[C@H](C(=O)N2CCC(c3ccncc3)CC2)CN1Cc1ccncc1. The average molecular weight is 364 g/mol. The van der Waals surface area contributed by atoms with Crippen LogP contribution in [0, 0.1) is 5.92 Å². The molecule has 2 aliphatic rings. The Kier molecular flexibility index (Phi) is 5.14. The van der Waals surface area contributed by atoms with Crippen molar-refractivity contribution >= 4 is 11.8 Å². The van der Waals surface area contributed by atoms with E-state index in [4.69, 9.17) is 0 Å². The summed E-state index contributed by atoms with van der Waals surface area (Å²) in [6.45, 7) is 2.60. The molecule has 6 heteroatoms. The van der Waals surface area contributed by atoms with Crippen LogP contribution in [0.15, 0.2) is 49.1 Å². The molecule has 2 aromatic heterocycles. The topological polar surface area (TPSA) is 66.4 Å². The largest absolute Gasteiger partial charge is 0.342 e. The molecule has 0 N–H and O–H groups in total. The van der Waals surface area contributed by atoms with E-state index in [-0.39, 0.29) is 17.7 Å². The summed E-state index contributed by atoms with van der Waals surface area (Å²) < 4.78 is 0. The Morgan fingerprint density at radius 3 is 2.30 bits per heavy atom. The Labute approximate surface area is 159 Å². The van der Waals surface area contributed by atoms with E-state index < -0.39 is 0 Å². The summed E-state index contributed by atoms with van der Waals surface area (Å²) in [6, 6.07) is 7.95. The number of amides is 2. The van der Waals surface area contributed by atoms with E-state index in [9.17, 15) is 9.59 Å². The number of hydrogen-bond donors (Lipinski definition) is 0. The molecule has 0 spiro atoms. The van der Waals surface area contributed by atoms with E-state index in [1.54, 1.807) is 17.3 Å². The van der Waals surface area contributed by atoms with Crippen LogP contribution in [0.2, 0.25) is 0 Å². The molecule has 2 fully saturated rings. The highest BCUT2D eigenvalue weighted by molar-refractivity contribution is 5.89. The van der Waals surface area contributed by atoms with Gasteiger partial charge < -0.3 is 9.80 Å². The maximum Gasteiger partial charge on any atom is 0.227 e. The fourth-order valence-electron chi connectivity index (χ4n) is 4.13. The molecule has 27 heavy (non-hydrogen) atoms. The summed E-state index contributed by atoms with van der Waals surface area (Å²) in [6.07, 6.45) is 9.38. The molecule has 2 aromatic rings. The van der Waals surface area contributed by atoms with Crippen LogP contribution in [-0.2, 0) is 16.1 Å². The van der Waals surface area contributed by atoms with Crippen LogP contribution in [0.4, 0.5) is 0 Å². The number of nitrogens with zero attached hydrogens (tertiary/aromatic N) is 4. The van der Waals surface area contributed by atoms with Gasteiger partial charge >= 0.3 is 0 Å². The standard InChI is InChI=1S/C21H24N4O2/c26-20-13-19(15-25(20)14-16-1-7-22-8-2-16)21(27)24-11-5-18(6-12-24)17-3-9-23-10-4-17/h1-4,7-10,18-19H,5-6,11-15H2/t19-/m0/s1. The van der Waals surface area contributed by atoms with Crippen LogP contribution < -0.4 is 0 Å². The summed E-state index contributed by atoms with van der Waals surface area (Å²) in [5.41, 5.74) is 2.35. The molecule has 0 aliphatic carbocycles. The van der Waals surface area contributed by atoms with Crippen molar-refractivity contribution in [1.82, 2.24) is 19.8 Å². The van der Waals surface area contributed by atoms with Crippen molar-refractivity contribution in [3.8, 4) is 0 Å². The van der Waals surface area contributed by atoms with Gasteiger partial charge in [-0.3, -0.25) is 19.6 Å². The summed E-state index contributed by atoms with van der Waals surface area (Å²) in [7, 11) is 0. The third-order valence-corrected chi connectivity index (χ3v) is 5.67. The Balaban J connectivity index is 1.32. The van der Waals surface area contributed by atoms with E-state index in [1.807, 2.05) is 29.4 Å². The molecule has 1 atom stereocenters. The van der Waals surface area contributed by atoms with Crippen LogP contribution in [0.1, 0.15) is 36.3 Å². The number of pyridine rings is 2. The summed E-state index contributed by atoms with van der Waals surface area (Å²) in [5.74, 6) is 0.479. The Bertz CT molecular complexity index is 788. The fraction of sp³-hybridized carbons (Fsp3) is 0.429. The van der Waals surface area contributed by atoms with Gasteiger partial charge in [-0.1, -0.05) is 0 Å². The van der Waals surface area contributed by atoms with E-state index in [2.05, 4.69) is 22.1 Å². The smallest absolute Gasteiger partial charge is 0.227 e. The molecule has 6 nitrogen and oxygen atoms in total. The highest BCUT2D eigenvalue weighted by Crippen LogP contribution is 2.29. The second-order valence-corrected chi connectivity index (χ2v) is 7.41. The summed E-state index contributed by atoms with van der Waals surface area (Å²) in [4.78, 5) is 37.1. The molecule has 2 amide bonds. The van der Waals surface area contributed by atoms with Gasteiger partial charge in [0, 0.05) is 57.4 Å². The normalized spacial score (nSPS) is 20.9. The lowest BCUT2D eigenvalue weighted by atomic mass is 9.89. The van der Waals surface area contributed by atoms with Gasteiger partial charge in [0.25, 0.3) is 0 Å². The van der Waals surface area contributed by atoms with Gasteiger partial charge in [-0.25, -0.2) is 0 Å². The van der Waals surface area contributed by atoms with Gasteiger partial charge in [0.05, 0.1) is 5.92 Å². The number of likely N-dealkylation sites (tertiary alicyclic amines) is 2. The molecule has 0 aromatic carbocycles. The van der Waals surface area contributed by atoms with Gasteiger partial charge in [0.1, 0.15) is 0 Å². The lowest BCUT2D eigenvalue weighted by molar-refractivity contribution is -0.136. The zero-order chi connectivity index (χ0) is 18.6. The number of rotatable bonds is 4. The van der Waals surface area contributed by atoms with Crippen molar-refractivity contribution in [3.63, 3.8) is 0 Å². The molecular formula is C21H24N4O2. The first kappa shape index (κ1) is 17.6. The molecule has 4 heterocycles. The Morgan fingerprint density at radius 1 is 1.00 bits per heavy atom. The quantitative estimate of drug-likeness (QED) is 0.834. The molecule has 140 valence electrons. The van der Waals surface area contributed by atoms with E-state index in [1.165, 1.54) is 5.56 Å². The third kappa shape index (κ3) is 3.99. The molecule has 0 saturated carbocycles. The third-order valence-electron chi connectivity index (χ3n) is 5.67. The molecule has 2 saturated heterocycles. The van der Waals surface area contributed by atoms with Crippen LogP contribution in [0.5, 0.6) is 0 Å². The predicted octanol–water partition coefficient (Wildman–Crippen LogP) is 2.23. The van der Waals surface area contributed by atoms with Crippen LogP contribution >= 0.6 is 0 Å². The fourth-order valence-corrected chi connectivity index (χ4v) is 4.13. The van der Waals surface area contributed by atoms with Crippen molar-refractivity contribution in [2.45, 2.75) is 31.7 Å². The lowest BCUT2D eigenvalue weighted by Crippen LogP contribution is -2.42. The van der Waals surface area contributed by atoms with Gasteiger partial charge in [-0.15, -0.1) is 0 Å². The number of carbonyl (C=O) groups is 2. The summed E-state index contributed by atoms with van der Waals surface area (Å²) in [5, 5.41) is 0. The predicted molar refractivity (Wildman–Crippen MR) is 101 cm³/mol. The van der Waals surface area contributed by atoms with Crippen molar-refractivity contribution < 1.29 is 9.59 Å². The van der Waals surface area contributed by atoms with E-state index in [0.717, 1.165) is 31.5 Å². The number of carbonyl (C=O) groups excluding carboxylic acids is 2. The number of hydrogen-bond acceptors (Lipinski definition) is 4. The maximum absolute atomic E-state index is 12.9. The van der Waals surface area contributed by atoms with Gasteiger partial charge in [-0.05, 0) is 54.2 Å². The van der Waals surface area contributed by atoms with Crippen molar-refractivity contribution in [1.29, 1.82) is 0 Å². The first-order valence-electron chi connectivity index (χ1n) is 9.56. The van der Waals surface area contributed by atoms with Crippen LogP contribution in [0.3, 0.4) is 0 Å². The highest BCUT2D eigenvalue weighted by atomic mass is 16.2. The summed E-state index contributed by atoms with van der Waals surface area (Å²) >= 11 is 0. The van der Waals surface area contributed by atoms with Crippen molar-refractivity contribution in [3.05, 3.63) is 60.2 Å². The Morgan fingerprint density at radius 2 is 1.63 bits per heavy atom. The average Bonchev–Trinajstić information content (AvgIpc) is 3.09. The van der Waals surface area contributed by atoms with E-state index in [0.29, 0.717) is 25.4 Å². The highest BCUT2D eigenvalue weighted by Gasteiger charge is 2.37. The minimum atomic E-state index is -0.211. The monoisotopic (exact) mass is 364 g/mol. The van der Waals surface area contributed by atoms with Gasteiger partial charge in [-0.2, -0.15) is 0 Å². The molecule has 0 radical (unpaired) electrons. The molecule has 2 aliphatic heterocycles. The number of piperidine rings is 1. The van der Waals surface area contributed by atoms with Crippen LogP contribution in [-0.4, -0.2) is 51.2 Å². The molecular weight excluding hydrogens is 340 g/mol. The molecule has 0 bridgehead atoms. The zero-order valence-corrected chi connectivity index (χ0v) is 15.3. The Hall–Kier alpha value is -2.76. The van der Waals surface area contributed by atoms with Crippen molar-refractivity contribution in [2.75, 3.05) is 19.6 Å². The number of aromatic nitrogens is 2. The minimum absolute atomic E-state index is 0.0665. The second kappa shape index (κ2) is 7.86. The van der Waals surface area contributed by atoms with Gasteiger partial charge in [0.2, 0.25) is 11.8 Å². The maximum atomic E-state index is 12.9. The van der Waals surface area contributed by atoms with E-state index >= 15 is 0 Å². The first-order valence-corrected chi connectivity index (χ1v) is 9.56. The molecule has 4 rings (SSSR count).